The predicted octanol–water partition coefficient (Wildman–Crippen LogP) is 4.18. The molecule has 0 amide bonds. The van der Waals surface area contributed by atoms with Gasteiger partial charge in [0.05, 0.1) is 0 Å². The normalized spacial score (nSPS) is 14.5. The van der Waals surface area contributed by atoms with Gasteiger partial charge in [-0.15, -0.1) is 11.3 Å². The quantitative estimate of drug-likeness (QED) is 0.900. The molecule has 2 N–H and O–H groups in total. The van der Waals surface area contributed by atoms with Crippen LogP contribution in [0.2, 0.25) is 0 Å². The summed E-state index contributed by atoms with van der Waals surface area (Å²) in [5.41, 5.74) is 7.61. The Labute approximate surface area is 115 Å². The maximum absolute atomic E-state index is 6.30. The van der Waals surface area contributed by atoms with E-state index < -0.39 is 0 Å². The van der Waals surface area contributed by atoms with Gasteiger partial charge in [-0.1, -0.05) is 37.3 Å². The molecular formula is C14H16BrNS. The third-order valence-electron chi connectivity index (χ3n) is 3.08. The Morgan fingerprint density at radius 2 is 1.94 bits per heavy atom. The van der Waals surface area contributed by atoms with Gasteiger partial charge in [-0.25, -0.2) is 0 Å². The van der Waals surface area contributed by atoms with Crippen LogP contribution in [0.4, 0.5) is 0 Å². The van der Waals surface area contributed by atoms with E-state index in [1.807, 2.05) is 6.07 Å². The number of nitrogens with two attached hydrogens (primary N) is 1. The summed E-state index contributed by atoms with van der Waals surface area (Å²) >= 11 is 5.32. The summed E-state index contributed by atoms with van der Waals surface area (Å²) in [6.07, 6.45) is 0.925. The molecule has 2 aromatic rings. The summed E-state index contributed by atoms with van der Waals surface area (Å²) in [6, 6.07) is 12.7. The highest BCUT2D eigenvalue weighted by Crippen LogP contribution is 2.27. The zero-order valence-corrected chi connectivity index (χ0v) is 12.2. The highest BCUT2D eigenvalue weighted by Gasteiger charge is 2.16. The van der Waals surface area contributed by atoms with Crippen molar-refractivity contribution in [2.24, 2.45) is 5.73 Å². The first-order chi connectivity index (χ1) is 8.18. The first-order valence-electron chi connectivity index (χ1n) is 5.71. The van der Waals surface area contributed by atoms with Crippen LogP contribution in [-0.2, 0) is 6.42 Å². The lowest BCUT2D eigenvalue weighted by molar-refractivity contribution is 0.567. The van der Waals surface area contributed by atoms with E-state index in [2.05, 4.69) is 58.6 Å². The number of halogens is 1. The number of benzene rings is 1. The van der Waals surface area contributed by atoms with Gasteiger partial charge >= 0.3 is 0 Å². The summed E-state index contributed by atoms with van der Waals surface area (Å²) in [7, 11) is 0. The van der Waals surface area contributed by atoms with E-state index in [-0.39, 0.29) is 6.04 Å². The second kappa shape index (κ2) is 5.80. The monoisotopic (exact) mass is 309 g/mol. The Morgan fingerprint density at radius 1 is 1.24 bits per heavy atom. The molecule has 0 saturated heterocycles. The molecule has 17 heavy (non-hydrogen) atoms. The van der Waals surface area contributed by atoms with Gasteiger partial charge in [-0.2, -0.15) is 0 Å². The van der Waals surface area contributed by atoms with Crippen molar-refractivity contribution in [2.45, 2.75) is 25.3 Å². The van der Waals surface area contributed by atoms with E-state index in [4.69, 9.17) is 5.73 Å². The molecule has 90 valence electrons. The molecule has 0 saturated carbocycles. The van der Waals surface area contributed by atoms with Gasteiger partial charge in [0.15, 0.2) is 0 Å². The Balaban J connectivity index is 2.06. The zero-order valence-electron chi connectivity index (χ0n) is 9.77. The Kier molecular flexibility index (Phi) is 4.37. The Bertz CT molecular complexity index is 466. The highest BCUT2D eigenvalue weighted by atomic mass is 79.9. The molecule has 2 atom stereocenters. The second-order valence-electron chi connectivity index (χ2n) is 4.26. The van der Waals surface area contributed by atoms with E-state index in [0.29, 0.717) is 5.92 Å². The van der Waals surface area contributed by atoms with E-state index in [9.17, 15) is 0 Å². The van der Waals surface area contributed by atoms with Crippen molar-refractivity contribution in [2.75, 3.05) is 0 Å². The average Bonchev–Trinajstić information content (AvgIpc) is 2.75. The summed E-state index contributed by atoms with van der Waals surface area (Å²) in [4.78, 5) is 1.33. The average molecular weight is 310 g/mol. The fourth-order valence-corrected chi connectivity index (χ4v) is 3.45. The van der Waals surface area contributed by atoms with Gasteiger partial charge in [0, 0.05) is 15.4 Å². The molecule has 0 spiro atoms. The van der Waals surface area contributed by atoms with Crippen LogP contribution in [0.15, 0.2) is 46.3 Å². The molecule has 0 radical (unpaired) electrons. The van der Waals surface area contributed by atoms with Crippen molar-refractivity contribution in [3.05, 3.63) is 56.7 Å². The number of thiophene rings is 1. The first kappa shape index (κ1) is 12.8. The molecule has 0 fully saturated rings. The minimum Gasteiger partial charge on any atom is -0.327 e. The molecule has 1 aromatic heterocycles. The second-order valence-corrected chi connectivity index (χ2v) is 6.11. The molecule has 0 aliphatic heterocycles. The van der Waals surface area contributed by atoms with Crippen molar-refractivity contribution >= 4 is 27.3 Å². The zero-order chi connectivity index (χ0) is 12.3. The van der Waals surface area contributed by atoms with Gasteiger partial charge in [0.1, 0.15) is 0 Å². The molecule has 3 heteroatoms. The van der Waals surface area contributed by atoms with E-state index >= 15 is 0 Å². The predicted molar refractivity (Wildman–Crippen MR) is 78.6 cm³/mol. The Morgan fingerprint density at radius 3 is 2.53 bits per heavy atom. The van der Waals surface area contributed by atoms with Crippen molar-refractivity contribution in [1.82, 2.24) is 0 Å². The minimum atomic E-state index is 0.160. The highest BCUT2D eigenvalue weighted by molar-refractivity contribution is 9.10. The summed E-state index contributed by atoms with van der Waals surface area (Å²) < 4.78 is 1.18. The van der Waals surface area contributed by atoms with Crippen LogP contribution < -0.4 is 5.73 Å². The first-order valence-corrected chi connectivity index (χ1v) is 7.38. The van der Waals surface area contributed by atoms with Crippen molar-refractivity contribution in [3.63, 3.8) is 0 Å². The van der Waals surface area contributed by atoms with Crippen molar-refractivity contribution < 1.29 is 0 Å². The number of rotatable bonds is 4. The molecule has 0 bridgehead atoms. The molecule has 1 heterocycles. The van der Waals surface area contributed by atoms with Gasteiger partial charge in [0.2, 0.25) is 0 Å². The van der Waals surface area contributed by atoms with Crippen molar-refractivity contribution in [1.29, 1.82) is 0 Å². The van der Waals surface area contributed by atoms with Crippen LogP contribution in [-0.4, -0.2) is 6.04 Å². The maximum Gasteiger partial charge on any atom is 0.0314 e. The standard InChI is InChI=1S/C14H16BrNS/c1-10(11-5-3-2-4-6-11)13(16)9-14-12(15)7-8-17-14/h2-8,10,13H,9,16H2,1H3. The molecule has 0 aliphatic rings. The fourth-order valence-electron chi connectivity index (χ4n) is 1.87. The number of hydrogen-bond acceptors (Lipinski definition) is 2. The largest absolute Gasteiger partial charge is 0.327 e. The van der Waals surface area contributed by atoms with E-state index in [1.165, 1.54) is 14.9 Å². The lowest BCUT2D eigenvalue weighted by Crippen LogP contribution is -2.28. The van der Waals surface area contributed by atoms with Crippen LogP contribution in [0.3, 0.4) is 0 Å². The summed E-state index contributed by atoms with van der Waals surface area (Å²) in [5, 5.41) is 2.10. The smallest absolute Gasteiger partial charge is 0.0314 e. The van der Waals surface area contributed by atoms with Crippen LogP contribution in [0.1, 0.15) is 23.3 Å². The number of hydrogen-bond donors (Lipinski definition) is 1. The SMILES string of the molecule is CC(c1ccccc1)C(N)Cc1sccc1Br. The minimum absolute atomic E-state index is 0.160. The molecular weight excluding hydrogens is 294 g/mol. The maximum atomic E-state index is 6.30. The molecule has 1 aromatic carbocycles. The van der Waals surface area contributed by atoms with Gasteiger partial charge in [-0.3, -0.25) is 0 Å². The van der Waals surface area contributed by atoms with Gasteiger partial charge in [-0.05, 0) is 45.3 Å². The third-order valence-corrected chi connectivity index (χ3v) is 5.03. The van der Waals surface area contributed by atoms with E-state index in [1.54, 1.807) is 11.3 Å². The van der Waals surface area contributed by atoms with Crippen LogP contribution in [0.5, 0.6) is 0 Å². The van der Waals surface area contributed by atoms with Crippen LogP contribution >= 0.6 is 27.3 Å². The lowest BCUT2D eigenvalue weighted by atomic mass is 9.91. The summed E-state index contributed by atoms with van der Waals surface area (Å²) in [5.74, 6) is 0.380. The lowest BCUT2D eigenvalue weighted by Gasteiger charge is -2.20. The summed E-state index contributed by atoms with van der Waals surface area (Å²) in [6.45, 7) is 2.20. The third kappa shape index (κ3) is 3.18. The van der Waals surface area contributed by atoms with Crippen molar-refractivity contribution in [3.8, 4) is 0 Å². The van der Waals surface area contributed by atoms with E-state index in [0.717, 1.165) is 6.42 Å². The molecule has 2 rings (SSSR count). The van der Waals surface area contributed by atoms with Gasteiger partial charge in [0.25, 0.3) is 0 Å². The molecule has 0 aliphatic carbocycles. The molecule has 2 unspecified atom stereocenters. The fraction of sp³-hybridized carbons (Fsp3) is 0.286. The van der Waals surface area contributed by atoms with Crippen LogP contribution in [0.25, 0.3) is 0 Å². The Hall–Kier alpha value is -0.640. The molecule has 1 nitrogen and oxygen atoms in total. The topological polar surface area (TPSA) is 26.0 Å². The van der Waals surface area contributed by atoms with Crippen LogP contribution in [0, 0.1) is 0 Å². The van der Waals surface area contributed by atoms with Gasteiger partial charge < -0.3 is 5.73 Å².